The Bertz CT molecular complexity index is 466. The molecule has 0 aliphatic heterocycles. The average Bonchev–Trinajstić information content (AvgIpc) is 2.64. The van der Waals surface area contributed by atoms with Crippen molar-refractivity contribution >= 4 is 15.2 Å². The Balaban J connectivity index is 4.63. The van der Waals surface area contributed by atoms with Crippen molar-refractivity contribution in [2.45, 2.75) is 59.2 Å². The number of hydrogen-bond donors (Lipinski definition) is 2. The number of hydrogen-bond acceptors (Lipinski definition) is 8. The second-order valence-electron chi connectivity index (χ2n) is 7.15. The van der Waals surface area contributed by atoms with Crippen LogP contribution in [-0.2, 0) is 27.2 Å². The molecular formula is C17H39NO7P2. The maximum atomic E-state index is 12.9. The molecule has 0 saturated carbocycles. The zero-order valence-corrected chi connectivity index (χ0v) is 19.5. The van der Waals surface area contributed by atoms with Crippen molar-refractivity contribution in [1.29, 1.82) is 0 Å². The summed E-state index contributed by atoms with van der Waals surface area (Å²) in [4.78, 5) is 0. The summed E-state index contributed by atoms with van der Waals surface area (Å²) < 4.78 is 46.1. The molecule has 0 aromatic heterocycles. The van der Waals surface area contributed by atoms with Crippen LogP contribution >= 0.6 is 15.2 Å². The van der Waals surface area contributed by atoms with Crippen LogP contribution in [0.5, 0.6) is 0 Å². The third-order valence-corrected chi connectivity index (χ3v) is 8.46. The summed E-state index contributed by atoms with van der Waals surface area (Å²) in [5.74, 6) is -1.29. The van der Waals surface area contributed by atoms with Crippen LogP contribution < -0.4 is 5.32 Å². The summed E-state index contributed by atoms with van der Waals surface area (Å²) in [6, 6.07) is 0. The highest BCUT2D eigenvalue weighted by molar-refractivity contribution is 7.54. The van der Waals surface area contributed by atoms with Crippen molar-refractivity contribution in [3.63, 3.8) is 0 Å². The van der Waals surface area contributed by atoms with Crippen LogP contribution in [0.2, 0.25) is 0 Å². The van der Waals surface area contributed by atoms with E-state index in [-0.39, 0.29) is 6.16 Å². The molecule has 0 fully saturated rings. The summed E-state index contributed by atoms with van der Waals surface area (Å²) in [5, 5.41) is 13.5. The lowest BCUT2D eigenvalue weighted by molar-refractivity contribution is 0.0802. The fraction of sp³-hybridized carbons (Fsp3) is 1.00. The van der Waals surface area contributed by atoms with E-state index in [0.717, 1.165) is 25.7 Å². The SMILES string of the molecule is CCCCOP(=O)(CCNCC(C)(C)C(O)P(=O)(OC)OC)OCCCC. The molecule has 0 aliphatic carbocycles. The van der Waals surface area contributed by atoms with Gasteiger partial charge in [0.2, 0.25) is 0 Å². The summed E-state index contributed by atoms with van der Waals surface area (Å²) in [5.41, 5.74) is -0.780. The highest BCUT2D eigenvalue weighted by Gasteiger charge is 2.43. The Labute approximate surface area is 164 Å². The molecule has 0 aliphatic rings. The minimum absolute atomic E-state index is 0.235. The van der Waals surface area contributed by atoms with E-state index in [1.165, 1.54) is 14.2 Å². The fourth-order valence-electron chi connectivity index (χ4n) is 2.28. The van der Waals surface area contributed by atoms with Gasteiger partial charge in [-0.05, 0) is 12.8 Å². The second-order valence-corrected chi connectivity index (χ2v) is 11.6. The van der Waals surface area contributed by atoms with Crippen LogP contribution in [0.4, 0.5) is 0 Å². The van der Waals surface area contributed by atoms with E-state index >= 15 is 0 Å². The molecule has 1 unspecified atom stereocenters. The smallest absolute Gasteiger partial charge is 0.358 e. The third-order valence-electron chi connectivity index (χ3n) is 4.22. The molecule has 8 nitrogen and oxygen atoms in total. The molecule has 10 heteroatoms. The third kappa shape index (κ3) is 10.00. The molecule has 2 N–H and O–H groups in total. The first kappa shape index (κ1) is 27.2. The Morgan fingerprint density at radius 3 is 1.89 bits per heavy atom. The molecule has 1 atom stereocenters. The molecule has 0 aromatic carbocycles. The van der Waals surface area contributed by atoms with Crippen molar-refractivity contribution in [3.8, 4) is 0 Å². The minimum atomic E-state index is -3.60. The fourth-order valence-corrected chi connectivity index (χ4v) is 5.36. The predicted octanol–water partition coefficient (Wildman–Crippen LogP) is 4.23. The highest BCUT2D eigenvalue weighted by atomic mass is 31.2. The maximum absolute atomic E-state index is 12.9. The van der Waals surface area contributed by atoms with Crippen LogP contribution in [0.25, 0.3) is 0 Å². The number of unbranched alkanes of at least 4 members (excludes halogenated alkanes) is 2. The van der Waals surface area contributed by atoms with Crippen molar-refractivity contribution in [2.75, 3.05) is 46.7 Å². The summed E-state index contributed by atoms with van der Waals surface area (Å²) >= 11 is 0. The maximum Gasteiger partial charge on any atom is 0.358 e. The standard InChI is InChI=1S/C17H39NO7P2/c1-7-9-12-24-26(20,25-13-10-8-2)14-11-18-15-17(3,4)16(19)27(21,22-5)23-6/h16,18-19H,7-15H2,1-6H3. The lowest BCUT2D eigenvalue weighted by Gasteiger charge is -2.33. The first-order valence-corrected chi connectivity index (χ1v) is 12.9. The zero-order valence-electron chi connectivity index (χ0n) is 17.7. The minimum Gasteiger partial charge on any atom is -0.380 e. The van der Waals surface area contributed by atoms with Gasteiger partial charge in [0.1, 0.15) is 0 Å². The predicted molar refractivity (Wildman–Crippen MR) is 108 cm³/mol. The van der Waals surface area contributed by atoms with Crippen LogP contribution in [-0.4, -0.2) is 57.6 Å². The van der Waals surface area contributed by atoms with Crippen molar-refractivity contribution in [2.24, 2.45) is 5.41 Å². The number of aliphatic hydroxyl groups is 1. The Hall–Kier alpha value is 0.220. The van der Waals surface area contributed by atoms with Gasteiger partial charge in [-0.25, -0.2) is 0 Å². The quantitative estimate of drug-likeness (QED) is 0.260. The molecule has 0 bridgehead atoms. The summed E-state index contributed by atoms with van der Waals surface area (Å²) in [6.45, 7) is 9.13. The molecule has 0 aromatic rings. The van der Waals surface area contributed by atoms with Crippen molar-refractivity contribution in [1.82, 2.24) is 5.32 Å². The van der Waals surface area contributed by atoms with Gasteiger partial charge in [-0.1, -0.05) is 40.5 Å². The van der Waals surface area contributed by atoms with E-state index in [0.29, 0.717) is 26.3 Å². The van der Waals surface area contributed by atoms with E-state index in [9.17, 15) is 14.2 Å². The Morgan fingerprint density at radius 2 is 1.48 bits per heavy atom. The van der Waals surface area contributed by atoms with E-state index in [1.54, 1.807) is 13.8 Å². The highest BCUT2D eigenvalue weighted by Crippen LogP contribution is 2.56. The summed E-state index contributed by atoms with van der Waals surface area (Å²) in [6.07, 6.45) is 3.81. The molecule has 0 radical (unpaired) electrons. The Morgan fingerprint density at radius 1 is 1.00 bits per heavy atom. The zero-order chi connectivity index (χ0) is 21.0. The van der Waals surface area contributed by atoms with E-state index in [1.807, 2.05) is 13.8 Å². The largest absolute Gasteiger partial charge is 0.380 e. The van der Waals surface area contributed by atoms with Crippen molar-refractivity contribution in [3.05, 3.63) is 0 Å². The molecule has 164 valence electrons. The van der Waals surface area contributed by atoms with Gasteiger partial charge >= 0.3 is 15.2 Å². The Kier molecular flexibility index (Phi) is 13.6. The van der Waals surface area contributed by atoms with E-state index in [4.69, 9.17) is 18.1 Å². The molecule has 0 amide bonds. The topological polar surface area (TPSA) is 103 Å². The van der Waals surface area contributed by atoms with Crippen LogP contribution in [0.15, 0.2) is 0 Å². The average molecular weight is 431 g/mol. The molecule has 0 spiro atoms. The van der Waals surface area contributed by atoms with Crippen LogP contribution in [0.1, 0.15) is 53.4 Å². The molecule has 0 heterocycles. The second kappa shape index (κ2) is 13.4. The number of rotatable bonds is 17. The van der Waals surface area contributed by atoms with Gasteiger partial charge in [-0.3, -0.25) is 9.13 Å². The molecule has 27 heavy (non-hydrogen) atoms. The first-order valence-electron chi connectivity index (χ1n) is 9.59. The van der Waals surface area contributed by atoms with E-state index < -0.39 is 26.5 Å². The lowest BCUT2D eigenvalue weighted by Crippen LogP contribution is -2.40. The van der Waals surface area contributed by atoms with Gasteiger partial charge in [-0.2, -0.15) is 0 Å². The number of nitrogens with one attached hydrogen (secondary N) is 1. The van der Waals surface area contributed by atoms with Gasteiger partial charge in [-0.15, -0.1) is 0 Å². The monoisotopic (exact) mass is 431 g/mol. The van der Waals surface area contributed by atoms with Gasteiger partial charge in [0.15, 0.2) is 5.85 Å². The normalized spacial score (nSPS) is 14.5. The van der Waals surface area contributed by atoms with Gasteiger partial charge in [0.05, 0.1) is 19.4 Å². The van der Waals surface area contributed by atoms with Crippen LogP contribution in [0, 0.1) is 5.41 Å². The molecule has 0 rings (SSSR count). The van der Waals surface area contributed by atoms with E-state index in [2.05, 4.69) is 5.32 Å². The first-order chi connectivity index (χ1) is 12.6. The molecule has 0 saturated heterocycles. The van der Waals surface area contributed by atoms with Gasteiger partial charge < -0.3 is 28.5 Å². The van der Waals surface area contributed by atoms with Gasteiger partial charge in [0, 0.05) is 32.7 Å². The lowest BCUT2D eigenvalue weighted by atomic mass is 9.94. The van der Waals surface area contributed by atoms with Gasteiger partial charge in [0.25, 0.3) is 0 Å². The number of aliphatic hydroxyl groups excluding tert-OH is 1. The summed E-state index contributed by atoms with van der Waals surface area (Å²) in [7, 11) is -4.27. The van der Waals surface area contributed by atoms with Crippen LogP contribution in [0.3, 0.4) is 0 Å². The molecular weight excluding hydrogens is 392 g/mol. The van der Waals surface area contributed by atoms with Crippen molar-refractivity contribution < 1.29 is 32.3 Å².